The third kappa shape index (κ3) is 3.02. The van der Waals surface area contributed by atoms with Crippen molar-refractivity contribution >= 4 is 39.6 Å². The van der Waals surface area contributed by atoms with Crippen LogP contribution >= 0.6 is 0 Å². The van der Waals surface area contributed by atoms with Gasteiger partial charge in [-0.1, -0.05) is 6.07 Å². The van der Waals surface area contributed by atoms with E-state index in [1.807, 2.05) is 0 Å². The Hall–Kier alpha value is -4.00. The lowest BCUT2D eigenvalue weighted by Gasteiger charge is -2.11. The monoisotopic (exact) mass is 387 g/mol. The van der Waals surface area contributed by atoms with Gasteiger partial charge in [0.15, 0.2) is 0 Å². The summed E-state index contributed by atoms with van der Waals surface area (Å²) < 4.78 is 1.50. The standard InChI is InChI=1S/C22H17N3O4/c1-24(2)20(26)13-4-3-5-14(10-13)21(27)25-18-7-6-15(22(28)29)11-17(18)16-8-9-23-12-19(16)25/h3-12H,1-2H3,(H,28,29). The van der Waals surface area contributed by atoms with Gasteiger partial charge < -0.3 is 10.0 Å². The van der Waals surface area contributed by atoms with Crippen molar-refractivity contribution in [2.24, 2.45) is 0 Å². The Kier molecular flexibility index (Phi) is 4.35. The summed E-state index contributed by atoms with van der Waals surface area (Å²) in [4.78, 5) is 42.6. The van der Waals surface area contributed by atoms with Crippen molar-refractivity contribution in [3.63, 3.8) is 0 Å². The molecule has 0 fully saturated rings. The number of amides is 1. The van der Waals surface area contributed by atoms with Crippen molar-refractivity contribution in [3.8, 4) is 0 Å². The van der Waals surface area contributed by atoms with Gasteiger partial charge in [0.05, 0.1) is 22.8 Å². The molecule has 1 amide bonds. The summed E-state index contributed by atoms with van der Waals surface area (Å²) in [6, 6.07) is 12.9. The average molecular weight is 387 g/mol. The number of pyridine rings is 1. The number of carbonyl (C=O) groups is 3. The van der Waals surface area contributed by atoms with Gasteiger partial charge in [0.1, 0.15) is 0 Å². The van der Waals surface area contributed by atoms with E-state index in [1.165, 1.54) is 15.5 Å². The highest BCUT2D eigenvalue weighted by molar-refractivity contribution is 6.17. The van der Waals surface area contributed by atoms with Crippen molar-refractivity contribution in [1.82, 2.24) is 14.5 Å². The lowest BCUT2D eigenvalue weighted by molar-refractivity contribution is 0.0696. The molecule has 29 heavy (non-hydrogen) atoms. The number of nitrogens with zero attached hydrogens (tertiary/aromatic N) is 3. The minimum Gasteiger partial charge on any atom is -0.478 e. The Labute approximate surface area is 165 Å². The summed E-state index contributed by atoms with van der Waals surface area (Å²) in [5.41, 5.74) is 2.04. The maximum Gasteiger partial charge on any atom is 0.335 e. The predicted molar refractivity (Wildman–Crippen MR) is 108 cm³/mol. The maximum atomic E-state index is 13.4. The van der Waals surface area contributed by atoms with E-state index in [9.17, 15) is 19.5 Å². The molecule has 2 heterocycles. The van der Waals surface area contributed by atoms with Crippen molar-refractivity contribution in [1.29, 1.82) is 0 Å². The van der Waals surface area contributed by atoms with Gasteiger partial charge in [-0.05, 0) is 42.5 Å². The second-order valence-electron chi connectivity index (χ2n) is 6.85. The molecular formula is C22H17N3O4. The molecule has 0 unspecified atom stereocenters. The summed E-state index contributed by atoms with van der Waals surface area (Å²) in [5.74, 6) is -1.56. The highest BCUT2D eigenvalue weighted by Crippen LogP contribution is 2.30. The number of carboxylic acids is 1. The van der Waals surface area contributed by atoms with E-state index in [4.69, 9.17) is 0 Å². The van der Waals surface area contributed by atoms with Gasteiger partial charge in [0.2, 0.25) is 0 Å². The van der Waals surface area contributed by atoms with Gasteiger partial charge in [-0.3, -0.25) is 19.1 Å². The van der Waals surface area contributed by atoms with Gasteiger partial charge in [0, 0.05) is 42.2 Å². The lowest BCUT2D eigenvalue weighted by Crippen LogP contribution is -2.22. The number of carboxylic acid groups (broad SMARTS) is 1. The summed E-state index contributed by atoms with van der Waals surface area (Å²) >= 11 is 0. The molecule has 4 aromatic rings. The molecule has 1 N–H and O–H groups in total. The van der Waals surface area contributed by atoms with Gasteiger partial charge in [0.25, 0.3) is 11.8 Å². The largest absolute Gasteiger partial charge is 0.478 e. The number of aromatic carboxylic acids is 1. The lowest BCUT2D eigenvalue weighted by atomic mass is 10.1. The third-order valence-corrected chi connectivity index (χ3v) is 4.78. The smallest absolute Gasteiger partial charge is 0.335 e. The first-order valence-corrected chi connectivity index (χ1v) is 8.86. The summed E-state index contributed by atoms with van der Waals surface area (Å²) in [5, 5.41) is 10.7. The molecule has 2 aromatic carbocycles. The minimum atomic E-state index is -1.04. The van der Waals surface area contributed by atoms with Crippen LogP contribution in [0.2, 0.25) is 0 Å². The molecule has 144 valence electrons. The molecule has 7 nitrogen and oxygen atoms in total. The Morgan fingerprint density at radius 3 is 2.38 bits per heavy atom. The molecule has 0 radical (unpaired) electrons. The molecule has 7 heteroatoms. The van der Waals surface area contributed by atoms with Crippen LogP contribution in [0.4, 0.5) is 0 Å². The quantitative estimate of drug-likeness (QED) is 0.582. The molecule has 0 atom stereocenters. The summed E-state index contributed by atoms with van der Waals surface area (Å²) in [6.45, 7) is 0. The van der Waals surface area contributed by atoms with Crippen molar-refractivity contribution in [2.45, 2.75) is 0 Å². The van der Waals surface area contributed by atoms with Crippen molar-refractivity contribution in [3.05, 3.63) is 77.6 Å². The number of hydrogen-bond acceptors (Lipinski definition) is 4. The highest BCUT2D eigenvalue weighted by Gasteiger charge is 2.20. The predicted octanol–water partition coefficient (Wildman–Crippen LogP) is 3.28. The van der Waals surface area contributed by atoms with Crippen LogP contribution in [0, 0.1) is 0 Å². The number of hydrogen-bond donors (Lipinski definition) is 1. The zero-order valence-electron chi connectivity index (χ0n) is 15.8. The van der Waals surface area contributed by atoms with Gasteiger partial charge in [-0.2, -0.15) is 0 Å². The van der Waals surface area contributed by atoms with Crippen LogP contribution in [0.1, 0.15) is 31.1 Å². The Bertz CT molecular complexity index is 1300. The molecule has 0 spiro atoms. The number of benzene rings is 2. The Morgan fingerprint density at radius 1 is 0.897 bits per heavy atom. The van der Waals surface area contributed by atoms with Gasteiger partial charge >= 0.3 is 5.97 Å². The molecule has 0 saturated heterocycles. The first-order valence-electron chi connectivity index (χ1n) is 8.86. The normalized spacial score (nSPS) is 11.0. The van der Waals surface area contributed by atoms with Crippen LogP contribution in [0.5, 0.6) is 0 Å². The first-order chi connectivity index (χ1) is 13.9. The Balaban J connectivity index is 1.94. The maximum absolute atomic E-state index is 13.4. The molecule has 0 saturated carbocycles. The number of aromatic nitrogens is 2. The zero-order valence-corrected chi connectivity index (χ0v) is 15.8. The Morgan fingerprint density at radius 2 is 1.66 bits per heavy atom. The molecule has 0 aliphatic heterocycles. The second-order valence-corrected chi connectivity index (χ2v) is 6.85. The van der Waals surface area contributed by atoms with E-state index in [-0.39, 0.29) is 17.4 Å². The average Bonchev–Trinajstić information content (AvgIpc) is 3.06. The van der Waals surface area contributed by atoms with E-state index < -0.39 is 5.97 Å². The van der Waals surface area contributed by atoms with Crippen molar-refractivity contribution in [2.75, 3.05) is 14.1 Å². The van der Waals surface area contributed by atoms with E-state index in [2.05, 4.69) is 4.98 Å². The molecule has 0 bridgehead atoms. The molecular weight excluding hydrogens is 370 g/mol. The van der Waals surface area contributed by atoms with Crippen LogP contribution in [0.25, 0.3) is 21.8 Å². The molecule has 4 rings (SSSR count). The first kappa shape index (κ1) is 18.4. The fourth-order valence-corrected chi connectivity index (χ4v) is 3.39. The fraction of sp³-hybridized carbons (Fsp3) is 0.0909. The van der Waals surface area contributed by atoms with Gasteiger partial charge in [-0.15, -0.1) is 0 Å². The third-order valence-electron chi connectivity index (χ3n) is 4.78. The summed E-state index contributed by atoms with van der Waals surface area (Å²) in [6.07, 6.45) is 3.17. The zero-order chi connectivity index (χ0) is 20.7. The van der Waals surface area contributed by atoms with E-state index in [0.717, 1.165) is 5.39 Å². The van der Waals surface area contributed by atoms with Crippen LogP contribution in [0.3, 0.4) is 0 Å². The van der Waals surface area contributed by atoms with E-state index in [0.29, 0.717) is 27.5 Å². The minimum absolute atomic E-state index is 0.138. The molecule has 2 aromatic heterocycles. The van der Waals surface area contributed by atoms with E-state index in [1.54, 1.807) is 69.0 Å². The molecule has 0 aliphatic rings. The van der Waals surface area contributed by atoms with Gasteiger partial charge in [-0.25, -0.2) is 4.79 Å². The van der Waals surface area contributed by atoms with Crippen LogP contribution in [-0.4, -0.2) is 51.4 Å². The second kappa shape index (κ2) is 6.87. The molecule has 0 aliphatic carbocycles. The fourth-order valence-electron chi connectivity index (χ4n) is 3.39. The van der Waals surface area contributed by atoms with E-state index >= 15 is 0 Å². The highest BCUT2D eigenvalue weighted by atomic mass is 16.4. The van der Waals surface area contributed by atoms with Crippen LogP contribution < -0.4 is 0 Å². The topological polar surface area (TPSA) is 92.5 Å². The van der Waals surface area contributed by atoms with Crippen LogP contribution in [0.15, 0.2) is 60.9 Å². The number of fused-ring (bicyclic) bond motifs is 3. The SMILES string of the molecule is CN(C)C(=O)c1cccc(C(=O)n2c3ccc(C(=O)O)cc3c3ccncc32)c1. The number of carbonyl (C=O) groups excluding carboxylic acids is 2. The van der Waals surface area contributed by atoms with Crippen molar-refractivity contribution < 1.29 is 19.5 Å². The summed E-state index contributed by atoms with van der Waals surface area (Å²) in [7, 11) is 3.30. The number of rotatable bonds is 3. The van der Waals surface area contributed by atoms with Crippen LogP contribution in [-0.2, 0) is 0 Å².